The van der Waals surface area contributed by atoms with Crippen LogP contribution >= 0.6 is 15.9 Å². The molecule has 0 unspecified atom stereocenters. The smallest absolute Gasteiger partial charge is 0.0602 e. The minimum Gasteiger partial charge on any atom is -0.393 e. The summed E-state index contributed by atoms with van der Waals surface area (Å²) in [7, 11) is 0. The number of hydrogen-bond acceptors (Lipinski definition) is 1. The number of alkyl halides is 1. The highest BCUT2D eigenvalue weighted by Crippen LogP contribution is 2.66. The third-order valence-corrected chi connectivity index (χ3v) is 5.90. The summed E-state index contributed by atoms with van der Waals surface area (Å²) < 4.78 is 0. The van der Waals surface area contributed by atoms with E-state index in [0.717, 1.165) is 17.7 Å². The van der Waals surface area contributed by atoms with Gasteiger partial charge in [0.25, 0.3) is 0 Å². The molecule has 12 heavy (non-hydrogen) atoms. The molecule has 2 aliphatic carbocycles. The van der Waals surface area contributed by atoms with Crippen molar-refractivity contribution in [2.75, 3.05) is 5.33 Å². The fraction of sp³-hybridized carbons (Fsp3) is 1.00. The second-order valence-corrected chi connectivity index (χ2v) is 5.52. The maximum absolute atomic E-state index is 9.92. The Balaban J connectivity index is 2.38. The molecule has 0 aromatic rings. The van der Waals surface area contributed by atoms with Gasteiger partial charge in [-0.25, -0.2) is 0 Å². The lowest BCUT2D eigenvalue weighted by atomic mass is 9.70. The number of fused-ring (bicyclic) bond motifs is 2. The fourth-order valence-corrected chi connectivity index (χ4v) is 4.36. The van der Waals surface area contributed by atoms with Crippen LogP contribution in [0.4, 0.5) is 0 Å². The Kier molecular flexibility index (Phi) is 1.86. The highest BCUT2D eigenvalue weighted by molar-refractivity contribution is 9.09. The molecular formula is C10H17BrO. The molecule has 2 bridgehead atoms. The van der Waals surface area contributed by atoms with Crippen LogP contribution in [-0.2, 0) is 0 Å². The van der Waals surface area contributed by atoms with Crippen LogP contribution in [0.5, 0.6) is 0 Å². The van der Waals surface area contributed by atoms with Crippen molar-refractivity contribution in [3.63, 3.8) is 0 Å². The van der Waals surface area contributed by atoms with E-state index in [1.54, 1.807) is 0 Å². The summed E-state index contributed by atoms with van der Waals surface area (Å²) >= 11 is 3.60. The first-order valence-electron chi connectivity index (χ1n) is 4.78. The quantitative estimate of drug-likeness (QED) is 0.690. The topological polar surface area (TPSA) is 20.2 Å². The second kappa shape index (κ2) is 2.48. The number of aliphatic hydroxyl groups is 1. The van der Waals surface area contributed by atoms with Gasteiger partial charge in [-0.05, 0) is 36.0 Å². The van der Waals surface area contributed by atoms with Crippen LogP contribution in [0.2, 0.25) is 0 Å². The van der Waals surface area contributed by atoms with Crippen molar-refractivity contribution in [2.45, 2.75) is 39.2 Å². The van der Waals surface area contributed by atoms with E-state index in [4.69, 9.17) is 0 Å². The van der Waals surface area contributed by atoms with Crippen molar-refractivity contribution >= 4 is 15.9 Å². The van der Waals surface area contributed by atoms with E-state index in [1.807, 2.05) is 0 Å². The van der Waals surface area contributed by atoms with Crippen LogP contribution in [0.15, 0.2) is 0 Å². The van der Waals surface area contributed by atoms with Crippen molar-refractivity contribution < 1.29 is 5.11 Å². The molecule has 0 spiro atoms. The summed E-state index contributed by atoms with van der Waals surface area (Å²) in [4.78, 5) is 0. The van der Waals surface area contributed by atoms with Crippen molar-refractivity contribution in [3.05, 3.63) is 0 Å². The van der Waals surface area contributed by atoms with E-state index in [0.29, 0.717) is 5.41 Å². The third kappa shape index (κ3) is 0.784. The summed E-state index contributed by atoms with van der Waals surface area (Å²) in [6.45, 7) is 4.58. The molecule has 0 amide bonds. The van der Waals surface area contributed by atoms with Crippen molar-refractivity contribution in [1.82, 2.24) is 0 Å². The monoisotopic (exact) mass is 232 g/mol. The first-order chi connectivity index (χ1) is 5.54. The Morgan fingerprint density at radius 3 is 2.42 bits per heavy atom. The molecule has 2 saturated carbocycles. The highest BCUT2D eigenvalue weighted by atomic mass is 79.9. The van der Waals surface area contributed by atoms with Crippen LogP contribution in [0, 0.1) is 16.7 Å². The molecule has 2 rings (SSSR count). The summed E-state index contributed by atoms with van der Waals surface area (Å²) in [5, 5.41) is 11.0. The first-order valence-corrected chi connectivity index (χ1v) is 5.91. The Morgan fingerprint density at radius 1 is 1.50 bits per heavy atom. The standard InChI is InChI=1S/C10H17BrO/c1-9-4-3-7(5-8(9)12)10(9,2)6-11/h7-8,12H,3-6H2,1-2H3/t7-,8-,9+,10-/m0/s1. The van der Waals surface area contributed by atoms with Crippen LogP contribution < -0.4 is 0 Å². The molecule has 1 N–H and O–H groups in total. The van der Waals surface area contributed by atoms with Gasteiger partial charge in [-0.15, -0.1) is 0 Å². The molecule has 2 aliphatic rings. The van der Waals surface area contributed by atoms with Gasteiger partial charge in [-0.2, -0.15) is 0 Å². The van der Waals surface area contributed by atoms with Gasteiger partial charge in [0.2, 0.25) is 0 Å². The molecule has 2 heteroatoms. The largest absolute Gasteiger partial charge is 0.393 e. The molecule has 0 saturated heterocycles. The van der Waals surface area contributed by atoms with E-state index in [-0.39, 0.29) is 11.5 Å². The minimum atomic E-state index is -0.0567. The summed E-state index contributed by atoms with van der Waals surface area (Å²) in [5.41, 5.74) is 0.521. The zero-order valence-corrected chi connectivity index (χ0v) is 9.39. The minimum absolute atomic E-state index is 0.0567. The highest BCUT2D eigenvalue weighted by Gasteiger charge is 2.62. The van der Waals surface area contributed by atoms with E-state index < -0.39 is 0 Å². The molecule has 4 atom stereocenters. The average molecular weight is 233 g/mol. The number of aliphatic hydroxyl groups excluding tert-OH is 1. The van der Waals surface area contributed by atoms with Gasteiger partial charge in [0.05, 0.1) is 6.10 Å². The van der Waals surface area contributed by atoms with Crippen molar-refractivity contribution in [2.24, 2.45) is 16.7 Å². The lowest BCUT2D eigenvalue weighted by Gasteiger charge is -2.38. The average Bonchev–Trinajstić information content (AvgIpc) is 2.39. The Bertz CT molecular complexity index is 204. The van der Waals surface area contributed by atoms with E-state index in [9.17, 15) is 5.11 Å². The van der Waals surface area contributed by atoms with Crippen LogP contribution in [-0.4, -0.2) is 16.5 Å². The third-order valence-electron chi connectivity index (χ3n) is 4.74. The Hall–Kier alpha value is 0.440. The summed E-state index contributed by atoms with van der Waals surface area (Å²) in [5.74, 6) is 0.747. The number of halogens is 1. The van der Waals surface area contributed by atoms with Gasteiger partial charge in [0.1, 0.15) is 0 Å². The van der Waals surface area contributed by atoms with Gasteiger partial charge in [0.15, 0.2) is 0 Å². The van der Waals surface area contributed by atoms with Gasteiger partial charge in [-0.1, -0.05) is 29.8 Å². The molecular weight excluding hydrogens is 216 g/mol. The maximum atomic E-state index is 9.92. The predicted octanol–water partition coefficient (Wildman–Crippen LogP) is 2.57. The van der Waals surface area contributed by atoms with Crippen molar-refractivity contribution in [1.29, 1.82) is 0 Å². The molecule has 0 radical (unpaired) electrons. The van der Waals surface area contributed by atoms with Gasteiger partial charge in [-0.3, -0.25) is 0 Å². The van der Waals surface area contributed by atoms with Gasteiger partial charge < -0.3 is 5.11 Å². The first kappa shape index (κ1) is 9.01. The molecule has 0 aromatic carbocycles. The van der Waals surface area contributed by atoms with Gasteiger partial charge in [0, 0.05) is 5.33 Å². The zero-order valence-electron chi connectivity index (χ0n) is 7.81. The van der Waals surface area contributed by atoms with Gasteiger partial charge >= 0.3 is 0 Å². The Morgan fingerprint density at radius 2 is 2.17 bits per heavy atom. The SMILES string of the molecule is C[C@]1(CBr)[C@H]2CC[C@]1(C)[C@@H](O)C2. The molecule has 2 fully saturated rings. The number of rotatable bonds is 1. The zero-order chi connectivity index (χ0) is 8.98. The van der Waals surface area contributed by atoms with Crippen LogP contribution in [0.1, 0.15) is 33.1 Å². The molecule has 0 aliphatic heterocycles. The van der Waals surface area contributed by atoms with Crippen LogP contribution in [0.25, 0.3) is 0 Å². The summed E-state index contributed by atoms with van der Waals surface area (Å²) in [6, 6.07) is 0. The summed E-state index contributed by atoms with van der Waals surface area (Å²) in [6.07, 6.45) is 3.49. The Labute approximate surface area is 82.7 Å². The second-order valence-electron chi connectivity index (χ2n) is 4.96. The van der Waals surface area contributed by atoms with E-state index in [2.05, 4.69) is 29.8 Å². The lowest BCUT2D eigenvalue weighted by molar-refractivity contribution is 0.0148. The molecule has 1 nitrogen and oxygen atoms in total. The van der Waals surface area contributed by atoms with Crippen molar-refractivity contribution in [3.8, 4) is 0 Å². The normalized spacial score (nSPS) is 58.0. The predicted molar refractivity (Wildman–Crippen MR) is 53.4 cm³/mol. The fourth-order valence-electron chi connectivity index (χ4n) is 3.26. The maximum Gasteiger partial charge on any atom is 0.0602 e. The van der Waals surface area contributed by atoms with E-state index >= 15 is 0 Å². The number of hydrogen-bond donors (Lipinski definition) is 1. The van der Waals surface area contributed by atoms with Crippen LogP contribution in [0.3, 0.4) is 0 Å². The molecule has 70 valence electrons. The van der Waals surface area contributed by atoms with E-state index in [1.165, 1.54) is 12.8 Å². The molecule has 0 heterocycles. The lowest BCUT2D eigenvalue weighted by Crippen LogP contribution is -2.38. The molecule has 0 aromatic heterocycles.